The molecule has 1 rings (SSSR count). The Balaban J connectivity index is -0.000000144. The van der Waals surface area contributed by atoms with Crippen LogP contribution in [0.4, 0.5) is 4.79 Å². The molecule has 10 nitrogen and oxygen atoms in total. The molecular weight excluding hydrogens is 356 g/mol. The molecule has 0 saturated carbocycles. The van der Waals surface area contributed by atoms with E-state index in [9.17, 15) is 4.79 Å². The van der Waals surface area contributed by atoms with E-state index in [1.165, 1.54) is 0 Å². The van der Waals surface area contributed by atoms with E-state index in [0.717, 1.165) is 12.1 Å². The van der Waals surface area contributed by atoms with Gasteiger partial charge in [0, 0.05) is 0 Å². The zero-order chi connectivity index (χ0) is 15.4. The SMILES string of the molecule is O=C(O)c1cc(O)c(O)c(O)c1.O=C([O-])P(=O)([O-])[O-].[Na+].[Na+].[Na+]. The van der Waals surface area contributed by atoms with Crippen LogP contribution >= 0.6 is 7.60 Å². The van der Waals surface area contributed by atoms with Gasteiger partial charge in [0.1, 0.15) is 0 Å². The van der Waals surface area contributed by atoms with Crippen LogP contribution in [0.15, 0.2) is 12.1 Å². The molecule has 0 radical (unpaired) electrons. The Hall–Kier alpha value is 0.710. The fourth-order valence-electron chi connectivity index (χ4n) is 0.728. The molecule has 0 atom stereocenters. The molecule has 106 valence electrons. The summed E-state index contributed by atoms with van der Waals surface area (Å²) in [5, 5.41) is 44.0. The zero-order valence-electron chi connectivity index (χ0n) is 11.8. The molecule has 0 amide bonds. The van der Waals surface area contributed by atoms with Crippen LogP contribution in [0.3, 0.4) is 0 Å². The topological polar surface area (TPSA) is 201 Å². The first-order valence-corrected chi connectivity index (χ1v) is 5.73. The number of phenols is 3. The molecule has 0 aliphatic heterocycles. The summed E-state index contributed by atoms with van der Waals surface area (Å²) >= 11 is 0. The number of carboxylic acid groups (broad SMARTS) is 2. The summed E-state index contributed by atoms with van der Waals surface area (Å²) in [7, 11) is -5.43. The van der Waals surface area contributed by atoms with E-state index in [-0.39, 0.29) is 94.2 Å². The Bertz CT molecular complexity index is 534. The second kappa shape index (κ2) is 13.1. The molecule has 1 aromatic rings. The minimum Gasteiger partial charge on any atom is -0.807 e. The van der Waals surface area contributed by atoms with Gasteiger partial charge in [-0.05, 0) is 19.7 Å². The van der Waals surface area contributed by atoms with Crippen LogP contribution < -0.4 is 104 Å². The molecule has 0 spiro atoms. The summed E-state index contributed by atoms with van der Waals surface area (Å²) in [6, 6.07) is 1.69. The number of phenolic OH excluding ortho intramolecular Hbond substituents is 3. The third-order valence-electron chi connectivity index (χ3n) is 1.54. The van der Waals surface area contributed by atoms with Crippen molar-refractivity contribution in [2.75, 3.05) is 0 Å². The summed E-state index contributed by atoms with van der Waals surface area (Å²) in [6.45, 7) is 0. The molecule has 0 aromatic heterocycles. The van der Waals surface area contributed by atoms with Crippen molar-refractivity contribution in [3.8, 4) is 17.2 Å². The van der Waals surface area contributed by atoms with E-state index >= 15 is 0 Å². The van der Waals surface area contributed by atoms with Crippen LogP contribution in [-0.2, 0) is 4.57 Å². The van der Waals surface area contributed by atoms with E-state index in [2.05, 4.69) is 0 Å². The molecule has 0 aliphatic rings. The van der Waals surface area contributed by atoms with Gasteiger partial charge in [-0.3, -0.25) is 0 Å². The Kier molecular flexibility index (Phi) is 18.1. The quantitative estimate of drug-likeness (QED) is 0.222. The third-order valence-corrected chi connectivity index (χ3v) is 1.99. The molecule has 1 aromatic carbocycles. The monoisotopic (exact) mass is 362 g/mol. The number of hydrogen-bond acceptors (Lipinski definition) is 9. The minimum atomic E-state index is -5.43. The second-order valence-electron chi connectivity index (χ2n) is 2.93. The van der Waals surface area contributed by atoms with Crippen molar-refractivity contribution in [1.29, 1.82) is 0 Å². The maximum Gasteiger partial charge on any atom is 1.00 e. The molecule has 14 heteroatoms. The second-order valence-corrected chi connectivity index (χ2v) is 4.29. The first-order chi connectivity index (χ1) is 8.46. The van der Waals surface area contributed by atoms with Crippen LogP contribution in [0, 0.1) is 0 Å². The van der Waals surface area contributed by atoms with Gasteiger partial charge in [-0.15, -0.1) is 0 Å². The minimum absolute atomic E-state index is 0. The average molecular weight is 362 g/mol. The van der Waals surface area contributed by atoms with E-state index in [4.69, 9.17) is 44.7 Å². The molecule has 0 aliphatic carbocycles. The van der Waals surface area contributed by atoms with Gasteiger partial charge in [0.05, 0.1) is 11.3 Å². The van der Waals surface area contributed by atoms with E-state index in [1.807, 2.05) is 0 Å². The Morgan fingerprint density at radius 1 is 0.955 bits per heavy atom. The van der Waals surface area contributed by atoms with E-state index < -0.39 is 36.5 Å². The zero-order valence-corrected chi connectivity index (χ0v) is 18.7. The van der Waals surface area contributed by atoms with Gasteiger partial charge in [0.15, 0.2) is 17.2 Å². The maximum atomic E-state index is 10.3. The molecule has 0 fully saturated rings. The Morgan fingerprint density at radius 3 is 1.41 bits per heavy atom. The van der Waals surface area contributed by atoms with Crippen LogP contribution in [0.1, 0.15) is 10.4 Å². The smallest absolute Gasteiger partial charge is 0.807 e. The van der Waals surface area contributed by atoms with Crippen molar-refractivity contribution in [3.63, 3.8) is 0 Å². The predicted octanol–water partition coefficient (Wildman–Crippen LogP) is -11.2. The maximum absolute atomic E-state index is 10.3. The number of aromatic hydroxyl groups is 3. The van der Waals surface area contributed by atoms with Gasteiger partial charge >= 0.3 is 94.6 Å². The summed E-state index contributed by atoms with van der Waals surface area (Å²) in [4.78, 5) is 37.6. The molecule has 0 unspecified atom stereocenters. The van der Waals surface area contributed by atoms with Crippen molar-refractivity contribution in [2.24, 2.45) is 0 Å². The van der Waals surface area contributed by atoms with Gasteiger partial charge in [-0.25, -0.2) is 4.79 Å². The summed E-state index contributed by atoms with van der Waals surface area (Å²) in [5.41, 5.74) is -2.85. The number of carbonyl (C=O) groups is 2. The average Bonchev–Trinajstić information content (AvgIpc) is 2.24. The number of hydrogen-bond donors (Lipinski definition) is 4. The van der Waals surface area contributed by atoms with Crippen LogP contribution in [0.5, 0.6) is 17.2 Å². The predicted molar refractivity (Wildman–Crippen MR) is 51.4 cm³/mol. The first-order valence-electron chi connectivity index (χ1n) is 4.18. The van der Waals surface area contributed by atoms with Gasteiger partial charge < -0.3 is 44.7 Å². The molecular formula is C8H6Na3O10P. The van der Waals surface area contributed by atoms with Gasteiger partial charge in [0.2, 0.25) is 0 Å². The number of carboxylic acids is 1. The van der Waals surface area contributed by atoms with Crippen molar-refractivity contribution < 1.29 is 138 Å². The van der Waals surface area contributed by atoms with E-state index in [0.29, 0.717) is 0 Å². The number of benzene rings is 1. The number of rotatable bonds is 2. The van der Waals surface area contributed by atoms with Crippen molar-refractivity contribution in [3.05, 3.63) is 17.7 Å². The molecule has 4 N–H and O–H groups in total. The van der Waals surface area contributed by atoms with Crippen LogP contribution in [0.2, 0.25) is 0 Å². The molecule has 0 saturated heterocycles. The number of aromatic carboxylic acids is 1. The fourth-order valence-corrected chi connectivity index (χ4v) is 0.728. The van der Waals surface area contributed by atoms with Gasteiger partial charge in [-0.2, -0.15) is 0 Å². The Labute approximate surface area is 190 Å². The van der Waals surface area contributed by atoms with Crippen molar-refractivity contribution >= 4 is 19.3 Å². The van der Waals surface area contributed by atoms with Crippen molar-refractivity contribution in [2.45, 2.75) is 0 Å². The van der Waals surface area contributed by atoms with Crippen molar-refractivity contribution in [1.82, 2.24) is 0 Å². The van der Waals surface area contributed by atoms with Crippen LogP contribution in [-0.4, -0.2) is 32.1 Å². The molecule has 22 heavy (non-hydrogen) atoms. The largest absolute Gasteiger partial charge is 1.00 e. The van der Waals surface area contributed by atoms with Crippen LogP contribution in [0.25, 0.3) is 0 Å². The van der Waals surface area contributed by atoms with E-state index in [1.54, 1.807) is 0 Å². The number of carbonyl (C=O) groups excluding carboxylic acids is 1. The molecule has 0 bridgehead atoms. The summed E-state index contributed by atoms with van der Waals surface area (Å²) < 4.78 is 9.14. The summed E-state index contributed by atoms with van der Waals surface area (Å²) in [6.07, 6.45) is 0. The van der Waals surface area contributed by atoms with Gasteiger partial charge in [0.25, 0.3) is 0 Å². The standard InChI is InChI=1S/C7H6O5.CH3O5P.3Na/c8-4-1-3(7(11)12)2-5(9)6(4)10;2-1(3)7(4,5)6;;;/h1-2,8-10H,(H,11,12);(H,2,3)(H2,4,5,6);;;/q;;3*+1/p-3. The summed E-state index contributed by atoms with van der Waals surface area (Å²) in [5.74, 6) is -3.33. The fraction of sp³-hybridized carbons (Fsp3) is 0. The Morgan fingerprint density at radius 2 is 1.23 bits per heavy atom. The van der Waals surface area contributed by atoms with Gasteiger partial charge in [-0.1, -0.05) is 0 Å². The third kappa shape index (κ3) is 11.3. The normalized spacial score (nSPS) is 8.82. The molecule has 0 heterocycles. The first kappa shape index (κ1) is 30.6.